The molecule has 0 bridgehead atoms. The van der Waals surface area contributed by atoms with Crippen molar-refractivity contribution >= 4 is 34.3 Å². The molecule has 1 aliphatic heterocycles. The third-order valence-corrected chi connectivity index (χ3v) is 8.10. The molecule has 1 N–H and O–H groups in total. The second-order valence-electron chi connectivity index (χ2n) is 11.4. The van der Waals surface area contributed by atoms with Crippen LogP contribution in [0, 0.1) is 19.3 Å². The highest BCUT2D eigenvalue weighted by molar-refractivity contribution is 6.16. The Balaban J connectivity index is 1.40. The van der Waals surface area contributed by atoms with Gasteiger partial charge in [-0.3, -0.25) is 24.0 Å². The maximum atomic E-state index is 13.9. The molecule has 0 radical (unpaired) electrons. The molecule has 2 amide bonds. The second-order valence-corrected chi connectivity index (χ2v) is 11.4. The van der Waals surface area contributed by atoms with Crippen molar-refractivity contribution < 1.29 is 27.6 Å². The van der Waals surface area contributed by atoms with Crippen LogP contribution in [0.15, 0.2) is 36.8 Å². The van der Waals surface area contributed by atoms with E-state index >= 15 is 0 Å². The molecule has 2 fully saturated rings. The predicted octanol–water partition coefficient (Wildman–Crippen LogP) is 3.82. The van der Waals surface area contributed by atoms with Crippen LogP contribution in [0.5, 0.6) is 0 Å². The second kappa shape index (κ2) is 10.0. The number of carbonyl (C=O) groups excluding carboxylic acids is 3. The average Bonchev–Trinajstić information content (AvgIpc) is 3.26. The minimum atomic E-state index is -4.79. The third kappa shape index (κ3) is 5.15. The van der Waals surface area contributed by atoms with Crippen molar-refractivity contribution in [1.29, 1.82) is 0 Å². The molecule has 4 aromatic rings. The van der Waals surface area contributed by atoms with Gasteiger partial charge in [-0.1, -0.05) is 13.0 Å². The van der Waals surface area contributed by atoms with Crippen LogP contribution in [0.1, 0.15) is 54.3 Å². The summed E-state index contributed by atoms with van der Waals surface area (Å²) in [6.07, 6.45) is 1.14. The molecule has 1 saturated heterocycles. The number of nitrogens with zero attached hydrogens (tertiary/aromatic N) is 7. The van der Waals surface area contributed by atoms with E-state index < -0.39 is 42.1 Å². The molecule has 2 aliphatic rings. The fourth-order valence-electron chi connectivity index (χ4n) is 5.56. The van der Waals surface area contributed by atoms with Crippen LogP contribution >= 0.6 is 0 Å². The molecular weight excluding hydrogens is 565 g/mol. The minimum absolute atomic E-state index is 0.0659. The van der Waals surface area contributed by atoms with Crippen molar-refractivity contribution in [2.24, 2.45) is 5.41 Å². The van der Waals surface area contributed by atoms with E-state index in [2.05, 4.69) is 30.4 Å². The quantitative estimate of drug-likeness (QED) is 0.332. The van der Waals surface area contributed by atoms with E-state index in [0.29, 0.717) is 39.3 Å². The van der Waals surface area contributed by atoms with Gasteiger partial charge in [-0.25, -0.2) is 19.9 Å². The van der Waals surface area contributed by atoms with Gasteiger partial charge in [0, 0.05) is 36.3 Å². The maximum absolute atomic E-state index is 13.9. The zero-order chi connectivity index (χ0) is 30.8. The molecule has 0 aromatic carbocycles. The molecule has 1 saturated carbocycles. The highest BCUT2D eigenvalue weighted by atomic mass is 19.4. The number of carbonyl (C=O) groups is 3. The first-order chi connectivity index (χ1) is 20.2. The van der Waals surface area contributed by atoms with Crippen LogP contribution < -0.4 is 10.2 Å². The number of halogens is 3. The number of rotatable bonds is 6. The Bertz CT molecular complexity index is 1800. The van der Waals surface area contributed by atoms with Crippen LogP contribution in [0.4, 0.5) is 19.0 Å². The summed E-state index contributed by atoms with van der Waals surface area (Å²) in [6.45, 7) is 6.00. The standard InChI is InChI=1S/C29H27F3N8O3/c1-14-5-6-22(29(30,31)32)37-26(14)40(27(43)20-8-28(4)9-23(28)36-20)24(42)13-39-21-12-35-19(17-10-33-16(3)34-11-17)7-18(21)25(38-39)15(2)41/h5-7,10-12,20,23,36H,8-9,13H2,1-4H3/t20-,23+,28-/m0/s1. The third-order valence-electron chi connectivity index (χ3n) is 8.10. The van der Waals surface area contributed by atoms with Crippen LogP contribution in [-0.2, 0) is 22.3 Å². The van der Waals surface area contributed by atoms with Crippen molar-refractivity contribution in [3.05, 3.63) is 59.6 Å². The van der Waals surface area contributed by atoms with E-state index in [9.17, 15) is 27.6 Å². The van der Waals surface area contributed by atoms with Gasteiger partial charge in [0.05, 0.1) is 23.4 Å². The molecule has 3 atom stereocenters. The Hall–Kier alpha value is -4.59. The van der Waals surface area contributed by atoms with Crippen LogP contribution in [-0.4, -0.2) is 59.4 Å². The Kier molecular flexibility index (Phi) is 6.64. The number of anilines is 1. The number of ketones is 1. The molecule has 0 spiro atoms. The van der Waals surface area contributed by atoms with E-state index in [1.165, 1.54) is 30.8 Å². The van der Waals surface area contributed by atoms with Gasteiger partial charge in [-0.15, -0.1) is 0 Å². The summed E-state index contributed by atoms with van der Waals surface area (Å²) in [7, 11) is 0. The first-order valence-corrected chi connectivity index (χ1v) is 13.6. The number of Topliss-reactive ketones (excluding diaryl/α,β-unsaturated/α-hetero) is 1. The summed E-state index contributed by atoms with van der Waals surface area (Å²) in [5.41, 5.74) is 0.343. The van der Waals surface area contributed by atoms with E-state index in [1.807, 2.05) is 6.92 Å². The van der Waals surface area contributed by atoms with E-state index in [4.69, 9.17) is 0 Å². The van der Waals surface area contributed by atoms with Crippen LogP contribution in [0.3, 0.4) is 0 Å². The summed E-state index contributed by atoms with van der Waals surface area (Å²) < 4.78 is 42.1. The zero-order valence-corrected chi connectivity index (χ0v) is 23.7. The van der Waals surface area contributed by atoms with Gasteiger partial charge in [-0.2, -0.15) is 18.3 Å². The number of aromatic nitrogens is 6. The fourth-order valence-corrected chi connectivity index (χ4v) is 5.56. The number of imide groups is 1. The molecule has 14 heteroatoms. The lowest BCUT2D eigenvalue weighted by Crippen LogP contribution is -2.49. The summed E-state index contributed by atoms with van der Waals surface area (Å²) in [5.74, 6) is -1.76. The Morgan fingerprint density at radius 2 is 1.81 bits per heavy atom. The number of nitrogens with one attached hydrogen (secondary N) is 1. The molecule has 6 rings (SSSR count). The number of alkyl halides is 3. The van der Waals surface area contributed by atoms with E-state index in [-0.39, 0.29) is 28.5 Å². The summed E-state index contributed by atoms with van der Waals surface area (Å²) in [4.78, 5) is 57.5. The van der Waals surface area contributed by atoms with Gasteiger partial charge in [-0.05, 0) is 49.8 Å². The lowest BCUT2D eigenvalue weighted by atomic mass is 10.0. The molecule has 1 aliphatic carbocycles. The lowest BCUT2D eigenvalue weighted by molar-refractivity contribution is -0.141. The van der Waals surface area contributed by atoms with Gasteiger partial charge in [0.1, 0.15) is 29.6 Å². The Labute approximate surface area is 243 Å². The van der Waals surface area contributed by atoms with E-state index in [0.717, 1.165) is 12.5 Å². The molecule has 0 unspecified atom stereocenters. The maximum Gasteiger partial charge on any atom is 0.433 e. The zero-order valence-electron chi connectivity index (χ0n) is 23.7. The first kappa shape index (κ1) is 28.5. The summed E-state index contributed by atoms with van der Waals surface area (Å²) in [6, 6.07) is 2.94. The number of hydrogen-bond donors (Lipinski definition) is 1. The summed E-state index contributed by atoms with van der Waals surface area (Å²) in [5, 5.41) is 7.94. The van der Waals surface area contributed by atoms with Gasteiger partial charge in [0.2, 0.25) is 0 Å². The number of pyridine rings is 2. The normalized spacial score (nSPS) is 21.1. The largest absolute Gasteiger partial charge is 0.433 e. The SMILES string of the molecule is CC(=O)c1nn(CC(=O)N(C(=O)[C@@H]2C[C@@]3(C)C[C@H]3N2)c2nc(C(F)(F)F)ccc2C)c2cnc(-c3cnc(C)nc3)cc12. The molecule has 43 heavy (non-hydrogen) atoms. The molecular formula is C29H27F3N8O3. The number of piperidine rings is 1. The highest BCUT2D eigenvalue weighted by Gasteiger charge is 2.59. The molecule has 5 heterocycles. The van der Waals surface area contributed by atoms with Crippen molar-refractivity contribution in [3.63, 3.8) is 0 Å². The van der Waals surface area contributed by atoms with Gasteiger partial charge >= 0.3 is 6.18 Å². The van der Waals surface area contributed by atoms with Crippen molar-refractivity contribution in [3.8, 4) is 11.3 Å². The minimum Gasteiger partial charge on any atom is -0.302 e. The molecule has 4 aromatic heterocycles. The van der Waals surface area contributed by atoms with Crippen molar-refractivity contribution in [1.82, 2.24) is 35.0 Å². The number of fused-ring (bicyclic) bond motifs is 2. The van der Waals surface area contributed by atoms with Gasteiger partial charge in [0.25, 0.3) is 11.8 Å². The van der Waals surface area contributed by atoms with E-state index in [1.54, 1.807) is 25.4 Å². The molecule has 11 nitrogen and oxygen atoms in total. The average molecular weight is 593 g/mol. The van der Waals surface area contributed by atoms with Gasteiger partial charge in [0.15, 0.2) is 5.78 Å². The Morgan fingerprint density at radius 3 is 2.44 bits per heavy atom. The van der Waals surface area contributed by atoms with Crippen molar-refractivity contribution in [2.45, 2.75) is 65.3 Å². The Morgan fingerprint density at radius 1 is 1.09 bits per heavy atom. The monoisotopic (exact) mass is 592 g/mol. The topological polar surface area (TPSA) is 136 Å². The van der Waals surface area contributed by atoms with Crippen LogP contribution in [0.25, 0.3) is 22.2 Å². The fraction of sp³-hybridized carbons (Fsp3) is 0.379. The van der Waals surface area contributed by atoms with Gasteiger partial charge < -0.3 is 5.32 Å². The van der Waals surface area contributed by atoms with Crippen LogP contribution in [0.2, 0.25) is 0 Å². The lowest BCUT2D eigenvalue weighted by Gasteiger charge is -2.26. The predicted molar refractivity (Wildman–Crippen MR) is 148 cm³/mol. The van der Waals surface area contributed by atoms with Crippen molar-refractivity contribution in [2.75, 3.05) is 4.90 Å². The highest BCUT2D eigenvalue weighted by Crippen LogP contribution is 2.54. The first-order valence-electron chi connectivity index (χ1n) is 13.6. The molecule has 222 valence electrons. The smallest absolute Gasteiger partial charge is 0.302 e. The number of aryl methyl sites for hydroxylation is 2. The number of amides is 2. The summed E-state index contributed by atoms with van der Waals surface area (Å²) >= 11 is 0. The number of hydrogen-bond acceptors (Lipinski definition) is 9.